The Hall–Kier alpha value is -0.0800. The summed E-state index contributed by atoms with van der Waals surface area (Å²) < 4.78 is 5.51. The fraction of sp³-hybridized carbons (Fsp3) is 1.00. The Morgan fingerprint density at radius 2 is 2.14 bits per heavy atom. The minimum absolute atomic E-state index is 0.715. The topological polar surface area (TPSA) is 12.5 Å². The molecule has 0 aromatic heterocycles. The zero-order chi connectivity index (χ0) is 10.2. The molecule has 1 fully saturated rings. The van der Waals surface area contributed by atoms with Gasteiger partial charge >= 0.3 is 0 Å². The first-order valence-corrected chi connectivity index (χ1v) is 6.20. The van der Waals surface area contributed by atoms with Crippen LogP contribution in [-0.4, -0.2) is 37.2 Å². The highest BCUT2D eigenvalue weighted by molar-refractivity contribution is 4.78. The third kappa shape index (κ3) is 3.97. The SMILES string of the molecule is CCCCCN1CCCC1COCC. The van der Waals surface area contributed by atoms with Crippen LogP contribution >= 0.6 is 0 Å². The fourth-order valence-electron chi connectivity index (χ4n) is 2.20. The van der Waals surface area contributed by atoms with Gasteiger partial charge in [0.15, 0.2) is 0 Å². The zero-order valence-electron chi connectivity index (χ0n) is 9.80. The van der Waals surface area contributed by atoms with Crippen molar-refractivity contribution >= 4 is 0 Å². The Labute approximate surface area is 88.6 Å². The van der Waals surface area contributed by atoms with Crippen molar-refractivity contribution in [3.05, 3.63) is 0 Å². The van der Waals surface area contributed by atoms with Gasteiger partial charge in [-0.15, -0.1) is 0 Å². The lowest BCUT2D eigenvalue weighted by molar-refractivity contribution is 0.0845. The predicted octanol–water partition coefficient (Wildman–Crippen LogP) is 2.68. The van der Waals surface area contributed by atoms with Crippen LogP contribution in [0.3, 0.4) is 0 Å². The summed E-state index contributed by atoms with van der Waals surface area (Å²) in [5, 5.41) is 0. The highest BCUT2D eigenvalue weighted by atomic mass is 16.5. The number of hydrogen-bond donors (Lipinski definition) is 0. The monoisotopic (exact) mass is 199 g/mol. The standard InChI is InChI=1S/C12H25NO/c1-3-5-6-9-13-10-7-8-12(13)11-14-4-2/h12H,3-11H2,1-2H3. The second kappa shape index (κ2) is 7.24. The van der Waals surface area contributed by atoms with Crippen molar-refractivity contribution in [2.75, 3.05) is 26.3 Å². The first kappa shape index (κ1) is 12.0. The molecule has 0 aromatic carbocycles. The Balaban J connectivity index is 2.14. The van der Waals surface area contributed by atoms with Gasteiger partial charge in [-0.05, 0) is 39.3 Å². The van der Waals surface area contributed by atoms with Crippen molar-refractivity contribution in [2.24, 2.45) is 0 Å². The van der Waals surface area contributed by atoms with Crippen LogP contribution in [0.4, 0.5) is 0 Å². The van der Waals surface area contributed by atoms with Crippen molar-refractivity contribution < 1.29 is 4.74 Å². The average molecular weight is 199 g/mol. The number of nitrogens with zero attached hydrogens (tertiary/aromatic N) is 1. The Morgan fingerprint density at radius 3 is 2.86 bits per heavy atom. The summed E-state index contributed by atoms with van der Waals surface area (Å²) in [6, 6.07) is 0.715. The van der Waals surface area contributed by atoms with E-state index in [1.807, 2.05) is 0 Å². The van der Waals surface area contributed by atoms with E-state index in [4.69, 9.17) is 4.74 Å². The Morgan fingerprint density at radius 1 is 1.29 bits per heavy atom. The lowest BCUT2D eigenvalue weighted by atomic mass is 10.2. The van der Waals surface area contributed by atoms with Crippen LogP contribution in [0.5, 0.6) is 0 Å². The molecular weight excluding hydrogens is 174 g/mol. The molecule has 0 N–H and O–H groups in total. The second-order valence-electron chi connectivity index (χ2n) is 4.20. The van der Waals surface area contributed by atoms with E-state index in [1.165, 1.54) is 45.2 Å². The predicted molar refractivity (Wildman–Crippen MR) is 60.6 cm³/mol. The van der Waals surface area contributed by atoms with Crippen LogP contribution in [0.25, 0.3) is 0 Å². The molecule has 1 aliphatic rings. The smallest absolute Gasteiger partial charge is 0.0621 e. The first-order valence-electron chi connectivity index (χ1n) is 6.20. The van der Waals surface area contributed by atoms with Crippen LogP contribution in [0.2, 0.25) is 0 Å². The van der Waals surface area contributed by atoms with Gasteiger partial charge in [-0.3, -0.25) is 4.90 Å². The van der Waals surface area contributed by atoms with Crippen LogP contribution in [0, 0.1) is 0 Å². The van der Waals surface area contributed by atoms with Crippen LogP contribution in [0.15, 0.2) is 0 Å². The Bertz CT molecular complexity index is 138. The molecule has 0 bridgehead atoms. The highest BCUT2D eigenvalue weighted by Gasteiger charge is 2.23. The van der Waals surface area contributed by atoms with Crippen LogP contribution in [-0.2, 0) is 4.74 Å². The maximum Gasteiger partial charge on any atom is 0.0621 e. The molecule has 2 nitrogen and oxygen atoms in total. The molecule has 14 heavy (non-hydrogen) atoms. The van der Waals surface area contributed by atoms with Crippen LogP contribution in [0.1, 0.15) is 46.0 Å². The molecule has 1 aliphatic heterocycles. The number of ether oxygens (including phenoxy) is 1. The summed E-state index contributed by atoms with van der Waals surface area (Å²) in [5.74, 6) is 0. The maximum atomic E-state index is 5.51. The first-order chi connectivity index (χ1) is 6.88. The average Bonchev–Trinajstić information content (AvgIpc) is 2.63. The highest BCUT2D eigenvalue weighted by Crippen LogP contribution is 2.18. The zero-order valence-corrected chi connectivity index (χ0v) is 9.80. The van der Waals surface area contributed by atoms with Gasteiger partial charge in [-0.1, -0.05) is 19.8 Å². The van der Waals surface area contributed by atoms with E-state index < -0.39 is 0 Å². The molecule has 1 heterocycles. The van der Waals surface area contributed by atoms with Crippen molar-refractivity contribution in [3.8, 4) is 0 Å². The minimum Gasteiger partial charge on any atom is -0.380 e. The van der Waals surface area contributed by atoms with Gasteiger partial charge < -0.3 is 4.74 Å². The van der Waals surface area contributed by atoms with Gasteiger partial charge in [0, 0.05) is 12.6 Å². The molecule has 0 aromatic rings. The van der Waals surface area contributed by atoms with E-state index in [-0.39, 0.29) is 0 Å². The van der Waals surface area contributed by atoms with Gasteiger partial charge in [0.2, 0.25) is 0 Å². The molecule has 84 valence electrons. The van der Waals surface area contributed by atoms with Crippen molar-refractivity contribution in [1.82, 2.24) is 4.90 Å². The summed E-state index contributed by atoms with van der Waals surface area (Å²) in [4.78, 5) is 2.62. The van der Waals surface area contributed by atoms with Crippen molar-refractivity contribution in [3.63, 3.8) is 0 Å². The van der Waals surface area contributed by atoms with Gasteiger partial charge in [-0.2, -0.15) is 0 Å². The van der Waals surface area contributed by atoms with E-state index >= 15 is 0 Å². The number of likely N-dealkylation sites (tertiary alicyclic amines) is 1. The lowest BCUT2D eigenvalue weighted by Crippen LogP contribution is -2.33. The summed E-state index contributed by atoms with van der Waals surface area (Å²) in [6.07, 6.45) is 6.76. The number of unbranched alkanes of at least 4 members (excludes halogenated alkanes) is 2. The van der Waals surface area contributed by atoms with Gasteiger partial charge in [0.1, 0.15) is 0 Å². The molecule has 0 spiro atoms. The molecule has 0 aliphatic carbocycles. The molecule has 0 saturated carbocycles. The van der Waals surface area contributed by atoms with E-state index in [1.54, 1.807) is 0 Å². The Kier molecular flexibility index (Phi) is 6.20. The van der Waals surface area contributed by atoms with E-state index in [0.29, 0.717) is 6.04 Å². The second-order valence-corrected chi connectivity index (χ2v) is 4.20. The van der Waals surface area contributed by atoms with E-state index in [9.17, 15) is 0 Å². The van der Waals surface area contributed by atoms with E-state index in [2.05, 4.69) is 18.7 Å². The fourth-order valence-corrected chi connectivity index (χ4v) is 2.20. The maximum absolute atomic E-state index is 5.51. The minimum atomic E-state index is 0.715. The summed E-state index contributed by atoms with van der Waals surface area (Å²) in [7, 11) is 0. The third-order valence-electron chi connectivity index (χ3n) is 3.06. The van der Waals surface area contributed by atoms with Crippen LogP contribution < -0.4 is 0 Å². The largest absolute Gasteiger partial charge is 0.380 e. The molecule has 0 radical (unpaired) electrons. The summed E-state index contributed by atoms with van der Waals surface area (Å²) >= 11 is 0. The van der Waals surface area contributed by atoms with Crippen molar-refractivity contribution in [1.29, 1.82) is 0 Å². The summed E-state index contributed by atoms with van der Waals surface area (Å²) in [5.41, 5.74) is 0. The molecule has 0 amide bonds. The van der Waals surface area contributed by atoms with Gasteiger partial charge in [0.05, 0.1) is 6.61 Å². The summed E-state index contributed by atoms with van der Waals surface area (Å²) in [6.45, 7) is 8.73. The normalized spacial score (nSPS) is 23.1. The van der Waals surface area contributed by atoms with Gasteiger partial charge in [0.25, 0.3) is 0 Å². The lowest BCUT2D eigenvalue weighted by Gasteiger charge is -2.23. The third-order valence-corrected chi connectivity index (χ3v) is 3.06. The molecule has 2 heteroatoms. The number of hydrogen-bond acceptors (Lipinski definition) is 2. The molecule has 1 atom stereocenters. The molecule has 1 rings (SSSR count). The van der Waals surface area contributed by atoms with E-state index in [0.717, 1.165) is 13.2 Å². The molecular formula is C12H25NO. The molecule has 1 saturated heterocycles. The van der Waals surface area contributed by atoms with Gasteiger partial charge in [-0.25, -0.2) is 0 Å². The van der Waals surface area contributed by atoms with Crippen molar-refractivity contribution in [2.45, 2.75) is 52.0 Å². The quantitative estimate of drug-likeness (QED) is 0.584. The molecule has 1 unspecified atom stereocenters. The number of rotatable bonds is 7.